The van der Waals surface area contributed by atoms with E-state index in [0.29, 0.717) is 11.3 Å². The molecule has 4 aromatic rings. The molecule has 0 saturated carbocycles. The minimum Gasteiger partial charge on any atom is -0.0651 e. The lowest BCUT2D eigenvalue weighted by Gasteiger charge is -2.37. The molecule has 54 heavy (non-hydrogen) atoms. The number of hydrogen-bond donors (Lipinski definition) is 0. The van der Waals surface area contributed by atoms with Gasteiger partial charge in [0.1, 0.15) is 0 Å². The van der Waals surface area contributed by atoms with Gasteiger partial charge in [0, 0.05) is 0 Å². The van der Waals surface area contributed by atoms with Crippen LogP contribution < -0.4 is 21.2 Å². The number of hydrogen-bond acceptors (Lipinski definition) is 0. The van der Waals surface area contributed by atoms with Gasteiger partial charge in [0.25, 0.3) is 0 Å². The zero-order valence-corrected chi connectivity index (χ0v) is 38.1. The molecule has 4 aromatic carbocycles. The summed E-state index contributed by atoms with van der Waals surface area (Å²) in [4.78, 5) is 0. The maximum absolute atomic E-state index is 2.66. The van der Waals surface area contributed by atoms with Crippen molar-refractivity contribution in [2.75, 3.05) is 0 Å². The van der Waals surface area contributed by atoms with Gasteiger partial charge in [0.2, 0.25) is 0 Å². The molecule has 4 rings (SSSR count). The van der Waals surface area contributed by atoms with Crippen molar-refractivity contribution in [3.8, 4) is 0 Å². The molecule has 2 heteroatoms. The Morgan fingerprint density at radius 2 is 0.426 bits per heavy atom. The average Bonchev–Trinajstić information content (AvgIpc) is 3.13. The van der Waals surface area contributed by atoms with E-state index in [-0.39, 0.29) is 0 Å². The quantitative estimate of drug-likeness (QED) is 0.0660. The zero-order chi connectivity index (χ0) is 39.0. The highest BCUT2D eigenvalue weighted by Crippen LogP contribution is 2.52. The monoisotopic (exact) mass is 763 g/mol. The highest BCUT2D eigenvalue weighted by Gasteiger charge is 2.34. The first-order valence-corrected chi connectivity index (χ1v) is 25.1. The Bertz CT molecular complexity index is 1370. The lowest BCUT2D eigenvalue weighted by atomic mass is 10.0. The molecular weight excluding hydrogens is 687 g/mol. The first-order chi connectivity index (χ1) is 26.2. The molecule has 0 heterocycles. The highest BCUT2D eigenvalue weighted by atomic mass is 31.1. The largest absolute Gasteiger partial charge is 0.0651 e. The summed E-state index contributed by atoms with van der Waals surface area (Å²) in [7, 11) is -1.23. The molecule has 0 saturated heterocycles. The molecule has 0 aliphatic heterocycles. The summed E-state index contributed by atoms with van der Waals surface area (Å²) in [5.41, 5.74) is 13.4. The lowest BCUT2D eigenvalue weighted by Crippen LogP contribution is -2.33. The Kier molecular flexibility index (Phi) is 19.0. The van der Waals surface area contributed by atoms with Gasteiger partial charge < -0.3 is 0 Å². The second kappa shape index (κ2) is 23.1. The number of benzene rings is 4. The SMILES string of the molecule is CCCc1cc(CCC)cc(P(c2cc(CCC)cc(CCC)c2)C(C)C(C)P(c2cc(CCC)cc(CCC)c2)c2cc(CCC)cc(CCC)c2)c1. The van der Waals surface area contributed by atoms with E-state index < -0.39 is 15.8 Å². The Morgan fingerprint density at radius 1 is 0.278 bits per heavy atom. The van der Waals surface area contributed by atoms with Crippen LogP contribution in [0, 0.1) is 0 Å². The van der Waals surface area contributed by atoms with E-state index in [1.54, 1.807) is 65.7 Å². The van der Waals surface area contributed by atoms with Crippen LogP contribution in [-0.4, -0.2) is 11.3 Å². The van der Waals surface area contributed by atoms with Crippen molar-refractivity contribution in [2.24, 2.45) is 0 Å². The smallest absolute Gasteiger partial charge is 0.00861 e. The van der Waals surface area contributed by atoms with Crippen LogP contribution in [0.15, 0.2) is 72.8 Å². The fourth-order valence-electron chi connectivity index (χ4n) is 8.66. The van der Waals surface area contributed by atoms with Gasteiger partial charge >= 0.3 is 0 Å². The number of aryl methyl sites for hydroxylation is 8. The molecule has 0 amide bonds. The van der Waals surface area contributed by atoms with Crippen LogP contribution in [0.3, 0.4) is 0 Å². The summed E-state index contributed by atoms with van der Waals surface area (Å²) >= 11 is 0. The van der Waals surface area contributed by atoms with E-state index in [0.717, 1.165) is 51.4 Å². The van der Waals surface area contributed by atoms with Gasteiger partial charge in [-0.15, -0.1) is 0 Å². The van der Waals surface area contributed by atoms with Crippen molar-refractivity contribution in [1.29, 1.82) is 0 Å². The molecule has 0 nitrogen and oxygen atoms in total. The lowest BCUT2D eigenvalue weighted by molar-refractivity contribution is 0.891. The van der Waals surface area contributed by atoms with Crippen LogP contribution in [-0.2, 0) is 51.4 Å². The van der Waals surface area contributed by atoms with E-state index >= 15 is 0 Å². The molecular formula is C52H76P2. The summed E-state index contributed by atoms with van der Waals surface area (Å²) in [5.74, 6) is 0. The Balaban J connectivity index is 2.03. The number of rotatable bonds is 23. The topological polar surface area (TPSA) is 0 Å². The van der Waals surface area contributed by atoms with Gasteiger partial charge in [-0.1, -0.05) is 193 Å². The molecule has 0 spiro atoms. The van der Waals surface area contributed by atoms with E-state index in [9.17, 15) is 0 Å². The average molecular weight is 763 g/mol. The molecule has 294 valence electrons. The van der Waals surface area contributed by atoms with Crippen LogP contribution in [0.4, 0.5) is 0 Å². The van der Waals surface area contributed by atoms with Gasteiger partial charge in [0.05, 0.1) is 0 Å². The van der Waals surface area contributed by atoms with Crippen molar-refractivity contribution in [1.82, 2.24) is 0 Å². The Labute approximate surface area is 336 Å². The van der Waals surface area contributed by atoms with Crippen LogP contribution in [0.2, 0.25) is 0 Å². The minimum atomic E-state index is -0.614. The summed E-state index contributed by atoms with van der Waals surface area (Å²) in [6.45, 7) is 24.1. The van der Waals surface area contributed by atoms with Crippen LogP contribution in [0.25, 0.3) is 0 Å². The first kappa shape index (κ1) is 44.5. The molecule has 0 bridgehead atoms. The summed E-state index contributed by atoms with van der Waals surface area (Å²) in [6, 6.07) is 31.3. The predicted molar refractivity (Wildman–Crippen MR) is 249 cm³/mol. The predicted octanol–water partition coefficient (Wildman–Crippen LogP) is 13.6. The van der Waals surface area contributed by atoms with E-state index in [1.807, 2.05) is 0 Å². The molecule has 0 aromatic heterocycles. The second-order valence-electron chi connectivity index (χ2n) is 16.3. The molecule has 0 N–H and O–H groups in total. The van der Waals surface area contributed by atoms with Crippen LogP contribution in [0.5, 0.6) is 0 Å². The molecule has 0 fully saturated rings. The van der Waals surface area contributed by atoms with Crippen molar-refractivity contribution in [2.45, 2.75) is 183 Å². The third-order valence-electron chi connectivity index (χ3n) is 11.1. The maximum atomic E-state index is 2.66. The van der Waals surface area contributed by atoms with Gasteiger partial charge in [-0.25, -0.2) is 0 Å². The molecule has 2 atom stereocenters. The van der Waals surface area contributed by atoms with Gasteiger partial charge in [-0.2, -0.15) is 0 Å². The Morgan fingerprint density at radius 3 is 0.556 bits per heavy atom. The zero-order valence-electron chi connectivity index (χ0n) is 36.3. The van der Waals surface area contributed by atoms with Crippen molar-refractivity contribution < 1.29 is 0 Å². The van der Waals surface area contributed by atoms with Crippen LogP contribution >= 0.6 is 15.8 Å². The summed E-state index contributed by atoms with van der Waals surface area (Å²) in [5, 5.41) is 6.45. The molecule has 0 aliphatic carbocycles. The fraction of sp³-hybridized carbons (Fsp3) is 0.538. The van der Waals surface area contributed by atoms with Crippen LogP contribution in [0.1, 0.15) is 165 Å². The standard InChI is InChI=1S/C52H76P2/c1-11-19-41-27-42(20-12-2)32-49(31-41)53(50-33-43(21-13-3)28-44(34-50)22-14-4)39(9)40(10)54(51-35-45(23-15-5)29-46(36-51)24-16-6)52-37-47(25-17-7)30-48(38-52)26-18-8/h27-40H,11-26H2,1-10H3. The third-order valence-corrected chi connectivity index (χ3v) is 17.1. The summed E-state index contributed by atoms with van der Waals surface area (Å²) < 4.78 is 0. The van der Waals surface area contributed by atoms with E-state index in [1.165, 1.54) is 51.4 Å². The van der Waals surface area contributed by atoms with Crippen molar-refractivity contribution in [3.63, 3.8) is 0 Å². The third kappa shape index (κ3) is 12.4. The molecule has 0 aliphatic rings. The second-order valence-corrected chi connectivity index (χ2v) is 21.4. The maximum Gasteiger partial charge on any atom is -0.00861 e. The van der Waals surface area contributed by atoms with Gasteiger partial charge in [-0.05, 0) is 144 Å². The van der Waals surface area contributed by atoms with Crippen molar-refractivity contribution in [3.05, 3.63) is 117 Å². The summed E-state index contributed by atoms with van der Waals surface area (Å²) in [6.07, 6.45) is 18.9. The van der Waals surface area contributed by atoms with Gasteiger partial charge in [-0.3, -0.25) is 0 Å². The van der Waals surface area contributed by atoms with Crippen molar-refractivity contribution >= 4 is 37.1 Å². The highest BCUT2D eigenvalue weighted by molar-refractivity contribution is 7.77. The molecule has 2 unspecified atom stereocenters. The van der Waals surface area contributed by atoms with E-state index in [2.05, 4.69) is 142 Å². The Hall–Kier alpha value is -2.26. The minimum absolute atomic E-state index is 0.512. The van der Waals surface area contributed by atoms with E-state index in [4.69, 9.17) is 0 Å². The normalized spacial score (nSPS) is 12.9. The first-order valence-electron chi connectivity index (χ1n) is 22.3. The van der Waals surface area contributed by atoms with Gasteiger partial charge in [0.15, 0.2) is 0 Å². The molecule has 0 radical (unpaired) electrons. The fourth-order valence-corrected chi connectivity index (χ4v) is 15.2.